The average Bonchev–Trinajstić information content (AvgIpc) is 2.78. The lowest BCUT2D eigenvalue weighted by Gasteiger charge is -2.12. The van der Waals surface area contributed by atoms with Crippen molar-refractivity contribution in [2.24, 2.45) is 0 Å². The number of ether oxygens (including phenoxy) is 2. The standard InChI is InChI=1S/C26H43FO4/c27-20-16-11-9-7-5-3-1-2-4-6-8-10-15-19-26(29)31-23-25(28)22-30-21-24-17-13-12-14-18-24/h12-14,17-18,25,28H,1-11,15-16,19-23H2/t25-/m0/s1. The van der Waals surface area contributed by atoms with Crippen LogP contribution in [-0.2, 0) is 20.9 Å². The molecule has 0 fully saturated rings. The van der Waals surface area contributed by atoms with Crippen molar-refractivity contribution in [3.63, 3.8) is 0 Å². The van der Waals surface area contributed by atoms with Crippen LogP contribution in [0.15, 0.2) is 30.3 Å². The number of aliphatic hydroxyl groups excluding tert-OH is 1. The van der Waals surface area contributed by atoms with Crippen molar-refractivity contribution >= 4 is 5.97 Å². The number of carbonyl (C=O) groups is 1. The third-order valence-corrected chi connectivity index (χ3v) is 5.37. The summed E-state index contributed by atoms with van der Waals surface area (Å²) in [6.45, 7) is 0.410. The van der Waals surface area contributed by atoms with Crippen LogP contribution in [0.25, 0.3) is 0 Å². The van der Waals surface area contributed by atoms with Crippen LogP contribution in [0.4, 0.5) is 4.39 Å². The lowest BCUT2D eigenvalue weighted by molar-refractivity contribution is -0.148. The molecule has 178 valence electrons. The van der Waals surface area contributed by atoms with E-state index >= 15 is 0 Å². The molecule has 1 atom stereocenters. The summed E-state index contributed by atoms with van der Waals surface area (Å²) in [5.41, 5.74) is 1.05. The van der Waals surface area contributed by atoms with Crippen molar-refractivity contribution in [2.45, 2.75) is 103 Å². The Hall–Kier alpha value is -1.46. The first kappa shape index (κ1) is 27.6. The van der Waals surface area contributed by atoms with Gasteiger partial charge >= 0.3 is 5.97 Å². The minimum absolute atomic E-state index is 0.0104. The predicted molar refractivity (Wildman–Crippen MR) is 124 cm³/mol. The molecule has 0 spiro atoms. The maximum absolute atomic E-state index is 12.0. The smallest absolute Gasteiger partial charge is 0.305 e. The summed E-state index contributed by atoms with van der Waals surface area (Å²) in [6.07, 6.45) is 14.5. The normalized spacial score (nSPS) is 12.1. The predicted octanol–water partition coefficient (Wildman–Crippen LogP) is 6.54. The summed E-state index contributed by atoms with van der Waals surface area (Å²) >= 11 is 0. The van der Waals surface area contributed by atoms with E-state index in [0.29, 0.717) is 13.0 Å². The van der Waals surface area contributed by atoms with Crippen LogP contribution >= 0.6 is 0 Å². The van der Waals surface area contributed by atoms with Crippen molar-refractivity contribution in [3.8, 4) is 0 Å². The molecule has 0 aliphatic rings. The zero-order valence-corrected chi connectivity index (χ0v) is 19.2. The molecule has 0 aliphatic heterocycles. The third-order valence-electron chi connectivity index (χ3n) is 5.37. The van der Waals surface area contributed by atoms with E-state index in [1.165, 1.54) is 51.4 Å². The quantitative estimate of drug-likeness (QED) is 0.175. The van der Waals surface area contributed by atoms with Gasteiger partial charge in [0, 0.05) is 6.42 Å². The Morgan fingerprint density at radius 2 is 1.29 bits per heavy atom. The van der Waals surface area contributed by atoms with E-state index in [-0.39, 0.29) is 25.9 Å². The molecule has 0 aliphatic carbocycles. The van der Waals surface area contributed by atoms with Gasteiger partial charge in [-0.15, -0.1) is 0 Å². The molecule has 0 aromatic heterocycles. The van der Waals surface area contributed by atoms with Gasteiger partial charge in [0.25, 0.3) is 0 Å². The number of carbonyl (C=O) groups excluding carboxylic acids is 1. The molecule has 31 heavy (non-hydrogen) atoms. The van der Waals surface area contributed by atoms with Gasteiger partial charge in [-0.05, 0) is 18.4 Å². The minimum Gasteiger partial charge on any atom is -0.463 e. The number of benzene rings is 1. The van der Waals surface area contributed by atoms with Crippen molar-refractivity contribution in [3.05, 3.63) is 35.9 Å². The van der Waals surface area contributed by atoms with Gasteiger partial charge in [-0.25, -0.2) is 0 Å². The fraction of sp³-hybridized carbons (Fsp3) is 0.731. The summed E-state index contributed by atoms with van der Waals surface area (Å²) in [4.78, 5) is 11.8. The first-order chi connectivity index (χ1) is 15.2. The molecule has 0 radical (unpaired) electrons. The van der Waals surface area contributed by atoms with Crippen LogP contribution in [0.2, 0.25) is 0 Å². The lowest BCUT2D eigenvalue weighted by Crippen LogP contribution is -2.23. The Morgan fingerprint density at radius 3 is 1.84 bits per heavy atom. The zero-order chi connectivity index (χ0) is 22.4. The Morgan fingerprint density at radius 1 is 0.774 bits per heavy atom. The second kappa shape index (κ2) is 20.4. The number of esters is 1. The summed E-state index contributed by atoms with van der Waals surface area (Å²) in [5.74, 6) is -0.242. The van der Waals surface area contributed by atoms with Crippen LogP contribution in [-0.4, -0.2) is 37.1 Å². The van der Waals surface area contributed by atoms with E-state index in [1.807, 2.05) is 30.3 Å². The van der Waals surface area contributed by atoms with Crippen molar-refractivity contribution in [2.75, 3.05) is 19.9 Å². The molecule has 0 heterocycles. The van der Waals surface area contributed by atoms with Gasteiger partial charge in [0.2, 0.25) is 0 Å². The third kappa shape index (κ3) is 17.9. The molecule has 1 aromatic rings. The largest absolute Gasteiger partial charge is 0.463 e. The number of unbranched alkanes of at least 4 members (excludes halogenated alkanes) is 12. The van der Waals surface area contributed by atoms with Gasteiger partial charge in [-0.2, -0.15) is 0 Å². The number of rotatable bonds is 21. The van der Waals surface area contributed by atoms with Crippen molar-refractivity contribution in [1.82, 2.24) is 0 Å². The second-order valence-corrected chi connectivity index (χ2v) is 8.37. The highest BCUT2D eigenvalue weighted by Gasteiger charge is 2.09. The average molecular weight is 439 g/mol. The van der Waals surface area contributed by atoms with Crippen LogP contribution < -0.4 is 0 Å². The van der Waals surface area contributed by atoms with E-state index in [9.17, 15) is 14.3 Å². The molecule has 4 nitrogen and oxygen atoms in total. The summed E-state index contributed by atoms with van der Waals surface area (Å²) in [5, 5.41) is 9.85. The first-order valence-electron chi connectivity index (χ1n) is 12.2. The summed E-state index contributed by atoms with van der Waals surface area (Å²) < 4.78 is 22.5. The fourth-order valence-electron chi connectivity index (χ4n) is 3.50. The monoisotopic (exact) mass is 438 g/mol. The van der Waals surface area contributed by atoms with Gasteiger partial charge < -0.3 is 14.6 Å². The minimum atomic E-state index is -0.789. The number of hydrogen-bond donors (Lipinski definition) is 1. The molecule has 1 aromatic carbocycles. The van der Waals surface area contributed by atoms with Gasteiger partial charge in [0.05, 0.1) is 19.9 Å². The molecule has 0 saturated heterocycles. The number of hydrogen-bond acceptors (Lipinski definition) is 4. The van der Waals surface area contributed by atoms with Crippen LogP contribution in [0.3, 0.4) is 0 Å². The van der Waals surface area contributed by atoms with E-state index in [4.69, 9.17) is 9.47 Å². The van der Waals surface area contributed by atoms with Gasteiger partial charge in [0.15, 0.2) is 0 Å². The van der Waals surface area contributed by atoms with E-state index in [0.717, 1.165) is 37.7 Å². The Balaban J connectivity index is 1.82. The van der Waals surface area contributed by atoms with E-state index in [2.05, 4.69) is 0 Å². The highest BCUT2D eigenvalue weighted by atomic mass is 19.1. The molecular formula is C26H43FO4. The second-order valence-electron chi connectivity index (χ2n) is 8.37. The van der Waals surface area contributed by atoms with Crippen LogP contribution in [0.5, 0.6) is 0 Å². The van der Waals surface area contributed by atoms with Crippen molar-refractivity contribution < 1.29 is 23.8 Å². The zero-order valence-electron chi connectivity index (χ0n) is 19.2. The molecule has 0 amide bonds. The Labute approximate surface area is 188 Å². The Kier molecular flexibility index (Phi) is 18.2. The van der Waals surface area contributed by atoms with Crippen LogP contribution in [0.1, 0.15) is 95.5 Å². The topological polar surface area (TPSA) is 55.8 Å². The molecular weight excluding hydrogens is 395 g/mol. The highest BCUT2D eigenvalue weighted by molar-refractivity contribution is 5.69. The highest BCUT2D eigenvalue weighted by Crippen LogP contribution is 2.13. The van der Waals surface area contributed by atoms with Gasteiger partial charge in [0.1, 0.15) is 12.7 Å². The molecule has 5 heteroatoms. The lowest BCUT2D eigenvalue weighted by atomic mass is 10.0. The number of halogens is 1. The fourth-order valence-corrected chi connectivity index (χ4v) is 3.50. The van der Waals surface area contributed by atoms with Crippen molar-refractivity contribution in [1.29, 1.82) is 0 Å². The van der Waals surface area contributed by atoms with Gasteiger partial charge in [-0.1, -0.05) is 101 Å². The Bertz CT molecular complexity index is 523. The van der Waals surface area contributed by atoms with Gasteiger partial charge in [-0.3, -0.25) is 9.18 Å². The van der Waals surface area contributed by atoms with Crippen LogP contribution in [0, 0.1) is 0 Å². The summed E-state index contributed by atoms with van der Waals surface area (Å²) in [6, 6.07) is 9.76. The molecule has 1 N–H and O–H groups in total. The molecule has 0 saturated carbocycles. The molecule has 0 unspecified atom stereocenters. The molecule has 1 rings (SSSR count). The first-order valence-corrected chi connectivity index (χ1v) is 12.2. The summed E-state index contributed by atoms with van der Waals surface area (Å²) in [7, 11) is 0. The number of alkyl halides is 1. The maximum Gasteiger partial charge on any atom is 0.305 e. The van der Waals surface area contributed by atoms with E-state index in [1.54, 1.807) is 0 Å². The maximum atomic E-state index is 12.0. The van der Waals surface area contributed by atoms with E-state index < -0.39 is 6.10 Å². The number of aliphatic hydroxyl groups is 1. The SMILES string of the molecule is O=C(CCCCCCCCCCCCCCCF)OC[C@@H](O)COCc1ccccc1. The molecule has 0 bridgehead atoms.